The van der Waals surface area contributed by atoms with Crippen molar-refractivity contribution in [2.45, 2.75) is 12.0 Å². The Morgan fingerprint density at radius 1 is 1.10 bits per heavy atom. The van der Waals surface area contributed by atoms with E-state index in [2.05, 4.69) is 0 Å². The molecule has 0 amide bonds. The summed E-state index contributed by atoms with van der Waals surface area (Å²) < 4.78 is 5.18. The van der Waals surface area contributed by atoms with Gasteiger partial charge in [-0.2, -0.15) is 0 Å². The van der Waals surface area contributed by atoms with E-state index in [0.717, 1.165) is 11.1 Å². The Hall–Kier alpha value is -1.26. The van der Waals surface area contributed by atoms with Crippen molar-refractivity contribution in [3.63, 3.8) is 0 Å². The smallest absolute Gasteiger partial charge is 0.119 e. The van der Waals surface area contributed by atoms with Gasteiger partial charge in [0.1, 0.15) is 5.75 Å². The van der Waals surface area contributed by atoms with Crippen molar-refractivity contribution in [2.24, 2.45) is 5.73 Å². The summed E-state index contributed by atoms with van der Waals surface area (Å²) >= 11 is 12.0. The van der Waals surface area contributed by atoms with E-state index in [1.165, 1.54) is 0 Å². The highest BCUT2D eigenvalue weighted by atomic mass is 35.5. The fourth-order valence-corrected chi connectivity index (χ4v) is 2.55. The molecule has 0 radical (unpaired) electrons. The summed E-state index contributed by atoms with van der Waals surface area (Å²) in [6.07, 6.45) is -0.748. The van der Waals surface area contributed by atoms with Gasteiger partial charge in [-0.3, -0.25) is 0 Å². The van der Waals surface area contributed by atoms with Gasteiger partial charge >= 0.3 is 0 Å². The highest BCUT2D eigenvalue weighted by Crippen LogP contribution is 2.34. The van der Waals surface area contributed by atoms with Gasteiger partial charge in [0, 0.05) is 12.5 Å². The topological polar surface area (TPSA) is 55.5 Å². The second-order valence-corrected chi connectivity index (χ2v) is 5.55. The van der Waals surface area contributed by atoms with Crippen LogP contribution in [0.3, 0.4) is 0 Å². The van der Waals surface area contributed by atoms with Crippen molar-refractivity contribution in [1.82, 2.24) is 0 Å². The maximum absolute atomic E-state index is 10.6. The highest BCUT2D eigenvalue weighted by molar-refractivity contribution is 6.42. The first-order valence-corrected chi connectivity index (χ1v) is 7.29. The largest absolute Gasteiger partial charge is 0.497 e. The molecule has 0 aliphatic heterocycles. The molecule has 0 aliphatic carbocycles. The predicted octanol–water partition coefficient (Wildman–Crippen LogP) is 3.78. The van der Waals surface area contributed by atoms with Crippen LogP contribution >= 0.6 is 23.2 Å². The number of hydrogen-bond donors (Lipinski definition) is 2. The van der Waals surface area contributed by atoms with Crippen molar-refractivity contribution in [3.8, 4) is 5.75 Å². The molecule has 0 aromatic heterocycles. The van der Waals surface area contributed by atoms with Crippen LogP contribution in [0.15, 0.2) is 42.5 Å². The zero-order chi connectivity index (χ0) is 15.4. The minimum absolute atomic E-state index is 0.271. The lowest BCUT2D eigenvalue weighted by Crippen LogP contribution is -2.20. The Labute approximate surface area is 134 Å². The molecule has 2 aromatic carbocycles. The third-order valence-electron chi connectivity index (χ3n) is 3.44. The first kappa shape index (κ1) is 16.1. The zero-order valence-electron chi connectivity index (χ0n) is 11.6. The van der Waals surface area contributed by atoms with Crippen molar-refractivity contribution < 1.29 is 9.84 Å². The molecule has 0 bridgehead atoms. The Balaban J connectivity index is 2.32. The molecule has 3 N–H and O–H groups in total. The Kier molecular flexibility index (Phi) is 5.48. The standard InChI is InChI=1S/C16H17Cl2NO2/c1-21-12-4-2-3-11(7-12)16(20)13(9-19)10-5-6-14(17)15(18)8-10/h2-8,13,16,20H,9,19H2,1H3. The third kappa shape index (κ3) is 3.69. The van der Waals surface area contributed by atoms with Crippen LogP contribution in [0.4, 0.5) is 0 Å². The number of hydrogen-bond acceptors (Lipinski definition) is 3. The van der Waals surface area contributed by atoms with Crippen molar-refractivity contribution in [1.29, 1.82) is 0 Å². The van der Waals surface area contributed by atoms with E-state index < -0.39 is 6.10 Å². The zero-order valence-corrected chi connectivity index (χ0v) is 13.1. The SMILES string of the molecule is COc1cccc(C(O)C(CN)c2ccc(Cl)c(Cl)c2)c1. The normalized spacial score (nSPS) is 13.8. The number of rotatable bonds is 5. The summed E-state index contributed by atoms with van der Waals surface area (Å²) in [6.45, 7) is 0.288. The number of ether oxygens (including phenoxy) is 1. The van der Waals surface area contributed by atoms with E-state index in [0.29, 0.717) is 15.8 Å². The van der Waals surface area contributed by atoms with Crippen LogP contribution in [0.2, 0.25) is 10.0 Å². The number of aliphatic hydroxyl groups excluding tert-OH is 1. The van der Waals surface area contributed by atoms with Crippen LogP contribution in [0.1, 0.15) is 23.1 Å². The molecule has 0 saturated carbocycles. The van der Waals surface area contributed by atoms with Gasteiger partial charge < -0.3 is 15.6 Å². The van der Waals surface area contributed by atoms with E-state index in [-0.39, 0.29) is 12.5 Å². The first-order valence-electron chi connectivity index (χ1n) is 6.54. The summed E-state index contributed by atoms with van der Waals surface area (Å²) in [5.41, 5.74) is 7.43. The van der Waals surface area contributed by atoms with Crippen LogP contribution in [0.25, 0.3) is 0 Å². The molecule has 0 aliphatic rings. The lowest BCUT2D eigenvalue weighted by molar-refractivity contribution is 0.147. The second-order valence-electron chi connectivity index (χ2n) is 4.74. The molecule has 21 heavy (non-hydrogen) atoms. The summed E-state index contributed by atoms with van der Waals surface area (Å²) in [7, 11) is 1.59. The Morgan fingerprint density at radius 2 is 1.86 bits per heavy atom. The molecule has 5 heteroatoms. The monoisotopic (exact) mass is 325 g/mol. The number of methoxy groups -OCH3 is 1. The Morgan fingerprint density at radius 3 is 2.48 bits per heavy atom. The van der Waals surface area contributed by atoms with E-state index in [1.54, 1.807) is 25.3 Å². The lowest BCUT2D eigenvalue weighted by Gasteiger charge is -2.23. The highest BCUT2D eigenvalue weighted by Gasteiger charge is 2.22. The average molecular weight is 326 g/mol. The van der Waals surface area contributed by atoms with E-state index in [9.17, 15) is 5.11 Å². The summed E-state index contributed by atoms with van der Waals surface area (Å²) in [4.78, 5) is 0. The maximum Gasteiger partial charge on any atom is 0.119 e. The van der Waals surface area contributed by atoms with E-state index >= 15 is 0 Å². The van der Waals surface area contributed by atoms with Gasteiger partial charge in [-0.05, 0) is 35.4 Å². The second kappa shape index (κ2) is 7.14. The molecular formula is C16H17Cl2NO2. The Bertz CT molecular complexity index is 619. The summed E-state index contributed by atoms with van der Waals surface area (Å²) in [6, 6.07) is 12.6. The minimum atomic E-state index is -0.748. The fourth-order valence-electron chi connectivity index (χ4n) is 2.25. The molecule has 3 nitrogen and oxygen atoms in total. The molecule has 0 spiro atoms. The maximum atomic E-state index is 10.6. The van der Waals surface area contributed by atoms with Crippen LogP contribution in [0, 0.1) is 0 Å². The van der Waals surface area contributed by atoms with Gasteiger partial charge in [-0.25, -0.2) is 0 Å². The molecular weight excluding hydrogens is 309 g/mol. The van der Waals surface area contributed by atoms with E-state index in [4.69, 9.17) is 33.7 Å². The van der Waals surface area contributed by atoms with Crippen molar-refractivity contribution in [3.05, 3.63) is 63.6 Å². The number of aliphatic hydroxyl groups is 1. The van der Waals surface area contributed by atoms with Crippen LogP contribution in [-0.4, -0.2) is 18.8 Å². The quantitative estimate of drug-likeness (QED) is 0.879. The predicted molar refractivity (Wildman–Crippen MR) is 86.2 cm³/mol. The lowest BCUT2D eigenvalue weighted by atomic mass is 9.89. The molecule has 2 rings (SSSR count). The van der Waals surface area contributed by atoms with Crippen molar-refractivity contribution in [2.75, 3.05) is 13.7 Å². The van der Waals surface area contributed by atoms with Gasteiger partial charge in [0.25, 0.3) is 0 Å². The molecule has 2 atom stereocenters. The molecule has 0 fully saturated rings. The summed E-state index contributed by atoms with van der Waals surface area (Å²) in [5.74, 6) is 0.420. The van der Waals surface area contributed by atoms with Crippen LogP contribution in [-0.2, 0) is 0 Å². The van der Waals surface area contributed by atoms with Crippen molar-refractivity contribution >= 4 is 23.2 Å². The molecule has 112 valence electrons. The average Bonchev–Trinajstić information content (AvgIpc) is 2.51. The van der Waals surface area contributed by atoms with E-state index in [1.807, 2.05) is 24.3 Å². The minimum Gasteiger partial charge on any atom is -0.497 e. The molecule has 0 heterocycles. The van der Waals surface area contributed by atoms with Gasteiger partial charge in [0.2, 0.25) is 0 Å². The van der Waals surface area contributed by atoms with Gasteiger partial charge in [0.15, 0.2) is 0 Å². The third-order valence-corrected chi connectivity index (χ3v) is 4.18. The fraction of sp³-hybridized carbons (Fsp3) is 0.250. The summed E-state index contributed by atoms with van der Waals surface area (Å²) in [5, 5.41) is 11.5. The first-order chi connectivity index (χ1) is 10.1. The number of halogens is 2. The number of benzene rings is 2. The van der Waals surface area contributed by atoms with Gasteiger partial charge in [-0.1, -0.05) is 41.4 Å². The van der Waals surface area contributed by atoms with Gasteiger partial charge in [-0.15, -0.1) is 0 Å². The molecule has 2 unspecified atom stereocenters. The number of nitrogens with two attached hydrogens (primary N) is 1. The molecule has 2 aromatic rings. The van der Waals surface area contributed by atoms with Gasteiger partial charge in [0.05, 0.1) is 23.3 Å². The van der Waals surface area contributed by atoms with Crippen LogP contribution in [0.5, 0.6) is 5.75 Å². The molecule has 0 saturated heterocycles. The van der Waals surface area contributed by atoms with Crippen LogP contribution < -0.4 is 10.5 Å².